The average Bonchev–Trinajstić information content (AvgIpc) is 2.22. The normalized spacial score (nSPS) is 11.6. The lowest BCUT2D eigenvalue weighted by atomic mass is 9.99. The average molecular weight is 289 g/mol. The fraction of sp³-hybridized carbons (Fsp3) is 0.500. The molecule has 0 heterocycles. The number of anilines is 2. The smallest absolute Gasteiger partial charge is 0.139 e. The van der Waals surface area contributed by atoms with Gasteiger partial charge in [-0.1, -0.05) is 6.92 Å². The minimum Gasteiger partial charge on any atom is -0.397 e. The molecule has 90 valence electrons. The van der Waals surface area contributed by atoms with Crippen LogP contribution < -0.4 is 10.6 Å². The zero-order chi connectivity index (χ0) is 12.5. The molecule has 0 bridgehead atoms. The molecule has 0 saturated carbocycles. The molecule has 0 atom stereocenters. The van der Waals surface area contributed by atoms with Crippen molar-refractivity contribution in [2.24, 2.45) is 0 Å². The third-order valence-corrected chi connectivity index (χ3v) is 3.81. The summed E-state index contributed by atoms with van der Waals surface area (Å²) in [6, 6.07) is 3.07. The van der Waals surface area contributed by atoms with Crippen LogP contribution in [-0.2, 0) is 0 Å². The maximum atomic E-state index is 13.3. The number of rotatable bonds is 3. The molecule has 0 aromatic heterocycles. The van der Waals surface area contributed by atoms with E-state index in [0.29, 0.717) is 10.2 Å². The largest absolute Gasteiger partial charge is 0.397 e. The highest BCUT2D eigenvalue weighted by Crippen LogP contribution is 2.33. The Morgan fingerprint density at radius 2 is 2.00 bits per heavy atom. The van der Waals surface area contributed by atoms with Gasteiger partial charge in [0.2, 0.25) is 0 Å². The number of hydrogen-bond donors (Lipinski definition) is 1. The highest BCUT2D eigenvalue weighted by Gasteiger charge is 2.23. The minimum atomic E-state index is -0.330. The number of benzene rings is 1. The van der Waals surface area contributed by atoms with Crippen LogP contribution in [0.3, 0.4) is 0 Å². The molecule has 4 heteroatoms. The molecule has 16 heavy (non-hydrogen) atoms. The molecule has 0 aliphatic heterocycles. The zero-order valence-electron chi connectivity index (χ0n) is 10.1. The molecule has 0 saturated heterocycles. The second-order valence-electron chi connectivity index (χ2n) is 4.55. The van der Waals surface area contributed by atoms with E-state index >= 15 is 0 Å². The fourth-order valence-electron chi connectivity index (χ4n) is 1.41. The van der Waals surface area contributed by atoms with Crippen molar-refractivity contribution in [1.82, 2.24) is 0 Å². The van der Waals surface area contributed by atoms with E-state index in [1.54, 1.807) is 6.07 Å². The monoisotopic (exact) mass is 288 g/mol. The van der Waals surface area contributed by atoms with Crippen molar-refractivity contribution in [2.45, 2.75) is 32.7 Å². The molecule has 2 nitrogen and oxygen atoms in total. The van der Waals surface area contributed by atoms with Gasteiger partial charge < -0.3 is 10.6 Å². The van der Waals surface area contributed by atoms with Crippen LogP contribution >= 0.6 is 15.9 Å². The molecule has 1 aromatic rings. The molecule has 0 aliphatic rings. The van der Waals surface area contributed by atoms with Crippen molar-refractivity contribution < 1.29 is 4.39 Å². The number of halogens is 2. The molecule has 0 fully saturated rings. The molecule has 1 aromatic carbocycles. The quantitative estimate of drug-likeness (QED) is 0.858. The van der Waals surface area contributed by atoms with Gasteiger partial charge in [-0.15, -0.1) is 0 Å². The van der Waals surface area contributed by atoms with E-state index in [1.165, 1.54) is 6.07 Å². The second kappa shape index (κ2) is 4.62. The summed E-state index contributed by atoms with van der Waals surface area (Å²) in [4.78, 5) is 2.08. The van der Waals surface area contributed by atoms with Crippen LogP contribution in [-0.4, -0.2) is 12.6 Å². The van der Waals surface area contributed by atoms with Crippen LogP contribution in [0.4, 0.5) is 15.8 Å². The van der Waals surface area contributed by atoms with Crippen LogP contribution in [0, 0.1) is 5.82 Å². The van der Waals surface area contributed by atoms with Gasteiger partial charge in [0.15, 0.2) is 0 Å². The van der Waals surface area contributed by atoms with Gasteiger partial charge in [0.05, 0.1) is 15.8 Å². The summed E-state index contributed by atoms with van der Waals surface area (Å²) in [5, 5.41) is 0. The van der Waals surface area contributed by atoms with E-state index in [4.69, 9.17) is 5.73 Å². The van der Waals surface area contributed by atoms with Crippen LogP contribution in [0.2, 0.25) is 0 Å². The number of nitrogen functional groups attached to an aromatic ring is 1. The van der Waals surface area contributed by atoms with Crippen LogP contribution in [0.5, 0.6) is 0 Å². The van der Waals surface area contributed by atoms with Crippen LogP contribution in [0.15, 0.2) is 16.6 Å². The third-order valence-electron chi connectivity index (χ3n) is 3.20. The first-order valence-electron chi connectivity index (χ1n) is 5.28. The Bertz CT molecular complexity index is 391. The Morgan fingerprint density at radius 3 is 2.50 bits per heavy atom. The summed E-state index contributed by atoms with van der Waals surface area (Å²) in [5.74, 6) is -0.330. The molecule has 0 amide bonds. The Hall–Kier alpha value is -0.770. The van der Waals surface area contributed by atoms with Crippen molar-refractivity contribution >= 4 is 27.3 Å². The standard InChI is InChI=1S/C12H18BrFN2/c1-5-12(2,3)16(4)11-6-8(13)9(14)7-10(11)15/h6-7H,5,15H2,1-4H3. The van der Waals surface area contributed by atoms with Gasteiger partial charge in [-0.2, -0.15) is 0 Å². The van der Waals surface area contributed by atoms with Gasteiger partial charge in [-0.3, -0.25) is 0 Å². The molecular weight excluding hydrogens is 271 g/mol. The van der Waals surface area contributed by atoms with Gasteiger partial charge in [-0.25, -0.2) is 4.39 Å². The van der Waals surface area contributed by atoms with Crippen molar-refractivity contribution in [3.63, 3.8) is 0 Å². The van der Waals surface area contributed by atoms with Crippen molar-refractivity contribution in [1.29, 1.82) is 0 Å². The van der Waals surface area contributed by atoms with Crippen LogP contribution in [0.25, 0.3) is 0 Å². The Morgan fingerprint density at radius 1 is 1.44 bits per heavy atom. The molecule has 1 rings (SSSR count). The van der Waals surface area contributed by atoms with Gasteiger partial charge in [0.25, 0.3) is 0 Å². The molecule has 0 aliphatic carbocycles. The summed E-state index contributed by atoms with van der Waals surface area (Å²) >= 11 is 3.18. The number of nitrogens with two attached hydrogens (primary N) is 1. The summed E-state index contributed by atoms with van der Waals surface area (Å²) in [6.45, 7) is 6.37. The highest BCUT2D eigenvalue weighted by atomic mass is 79.9. The molecule has 0 spiro atoms. The lowest BCUT2D eigenvalue weighted by Crippen LogP contribution is -2.40. The number of hydrogen-bond acceptors (Lipinski definition) is 2. The second-order valence-corrected chi connectivity index (χ2v) is 5.40. The van der Waals surface area contributed by atoms with E-state index in [2.05, 4.69) is 41.6 Å². The topological polar surface area (TPSA) is 29.3 Å². The first-order valence-corrected chi connectivity index (χ1v) is 6.07. The predicted octanol–water partition coefficient (Wildman–Crippen LogP) is 3.80. The minimum absolute atomic E-state index is 0.00854. The predicted molar refractivity (Wildman–Crippen MR) is 71.3 cm³/mol. The summed E-state index contributed by atoms with van der Waals surface area (Å²) < 4.78 is 13.7. The summed E-state index contributed by atoms with van der Waals surface area (Å²) in [6.07, 6.45) is 0.984. The summed E-state index contributed by atoms with van der Waals surface area (Å²) in [5.41, 5.74) is 7.14. The van der Waals surface area contributed by atoms with E-state index in [1.807, 2.05) is 7.05 Å². The first-order chi connectivity index (χ1) is 7.29. The maximum absolute atomic E-state index is 13.3. The Kier molecular flexibility index (Phi) is 3.84. The molecule has 2 N–H and O–H groups in total. The molecule has 0 radical (unpaired) electrons. The van der Waals surface area contributed by atoms with Gasteiger partial charge in [-0.05, 0) is 42.3 Å². The lowest BCUT2D eigenvalue weighted by Gasteiger charge is -2.37. The molecular formula is C12H18BrFN2. The van der Waals surface area contributed by atoms with Gasteiger partial charge in [0, 0.05) is 18.7 Å². The Balaban J connectivity index is 3.19. The van der Waals surface area contributed by atoms with E-state index in [-0.39, 0.29) is 11.4 Å². The number of nitrogens with zero attached hydrogens (tertiary/aromatic N) is 1. The first kappa shape index (κ1) is 13.3. The van der Waals surface area contributed by atoms with Crippen molar-refractivity contribution in [3.8, 4) is 0 Å². The Labute approximate surface area is 105 Å². The van der Waals surface area contributed by atoms with E-state index < -0.39 is 0 Å². The SMILES string of the molecule is CCC(C)(C)N(C)c1cc(Br)c(F)cc1N. The van der Waals surface area contributed by atoms with Gasteiger partial charge >= 0.3 is 0 Å². The van der Waals surface area contributed by atoms with Crippen molar-refractivity contribution in [2.75, 3.05) is 17.7 Å². The third kappa shape index (κ3) is 2.48. The summed E-state index contributed by atoms with van der Waals surface area (Å²) in [7, 11) is 1.97. The highest BCUT2D eigenvalue weighted by molar-refractivity contribution is 9.10. The van der Waals surface area contributed by atoms with Gasteiger partial charge in [0.1, 0.15) is 5.82 Å². The molecule has 0 unspecified atom stereocenters. The van der Waals surface area contributed by atoms with E-state index in [9.17, 15) is 4.39 Å². The van der Waals surface area contributed by atoms with Crippen LogP contribution in [0.1, 0.15) is 27.2 Å². The van der Waals surface area contributed by atoms with E-state index in [0.717, 1.165) is 12.1 Å². The lowest BCUT2D eigenvalue weighted by molar-refractivity contribution is 0.471. The van der Waals surface area contributed by atoms with Crippen molar-refractivity contribution in [3.05, 3.63) is 22.4 Å². The zero-order valence-corrected chi connectivity index (χ0v) is 11.7. The maximum Gasteiger partial charge on any atom is 0.139 e. The fourth-order valence-corrected chi connectivity index (χ4v) is 1.74.